The lowest BCUT2D eigenvalue weighted by atomic mass is 9.77. The number of nitrogens with two attached hydrogens (primary N) is 5. The highest BCUT2D eigenvalue weighted by Crippen LogP contribution is 2.47. The number of aliphatic hydroxyl groups excluding tert-OH is 1. The third-order valence-electron chi connectivity index (χ3n) is 22.2. The van der Waals surface area contributed by atoms with E-state index >= 15 is 33.6 Å². The molecule has 694 valence electrons. The van der Waals surface area contributed by atoms with Crippen molar-refractivity contribution in [2.24, 2.45) is 45.9 Å². The van der Waals surface area contributed by atoms with E-state index < -0.39 is 208 Å². The number of rotatable bonds is 47. The van der Waals surface area contributed by atoms with Crippen molar-refractivity contribution in [2.75, 3.05) is 32.8 Å². The first-order valence-electron chi connectivity index (χ1n) is 43.0. The average Bonchev–Trinajstić information content (AvgIpc) is 1.31. The maximum atomic E-state index is 16.4. The monoisotopic (exact) mass is 1800 g/mol. The first-order chi connectivity index (χ1) is 59.9. The van der Waals surface area contributed by atoms with Gasteiger partial charge in [-0.05, 0) is 164 Å². The van der Waals surface area contributed by atoms with Crippen LogP contribution in [0.1, 0.15) is 194 Å². The van der Waals surface area contributed by atoms with Crippen LogP contribution >= 0.6 is 21.6 Å². The number of carbonyl (C=O) groups excluding carboxylic acids is 17. The summed E-state index contributed by atoms with van der Waals surface area (Å²) < 4.78 is 2.72. The molecule has 0 spiro atoms. The number of para-hydroxylation sites is 1. The fraction of sp³-hybridized carbons (Fsp3) is 0.544. The zero-order chi connectivity index (χ0) is 94.0. The molecule has 5 aromatic rings. The molecule has 0 saturated carbocycles. The number of unbranched alkanes of at least 4 members (excludes halogenated alkanes) is 3. The van der Waals surface area contributed by atoms with Gasteiger partial charge in [-0.3, -0.25) is 81.5 Å². The number of aromatic amines is 1. The van der Waals surface area contributed by atoms with Crippen LogP contribution in [0.25, 0.3) is 21.7 Å². The number of carbonyl (C=O) groups is 17. The van der Waals surface area contributed by atoms with E-state index in [0.29, 0.717) is 46.2 Å². The van der Waals surface area contributed by atoms with Crippen LogP contribution in [0.2, 0.25) is 0 Å². The Labute approximate surface area is 748 Å². The number of benzene rings is 4. The van der Waals surface area contributed by atoms with Crippen molar-refractivity contribution >= 4 is 143 Å². The second kappa shape index (κ2) is 50.4. The van der Waals surface area contributed by atoms with E-state index in [0.717, 1.165) is 44.8 Å². The predicted molar refractivity (Wildman–Crippen MR) is 483 cm³/mol. The van der Waals surface area contributed by atoms with Gasteiger partial charge in [-0.1, -0.05) is 114 Å². The summed E-state index contributed by atoms with van der Waals surface area (Å²) in [5.74, 6) is -15.9. The van der Waals surface area contributed by atoms with Gasteiger partial charge in [-0.2, -0.15) is 0 Å². The number of Topliss-reactive ketones (excluding diaryl/α,β-unsaturated/α-hetero) is 4. The van der Waals surface area contributed by atoms with Crippen molar-refractivity contribution in [3.8, 4) is 5.75 Å². The van der Waals surface area contributed by atoms with E-state index in [1.807, 2.05) is 49.4 Å². The Bertz CT molecular complexity index is 4730. The van der Waals surface area contributed by atoms with Crippen molar-refractivity contribution in [3.63, 3.8) is 0 Å². The zero-order valence-corrected chi connectivity index (χ0v) is 75.8. The van der Waals surface area contributed by atoms with E-state index in [-0.39, 0.29) is 122 Å². The smallest absolute Gasteiger partial charge is 0.245 e. The number of aryl methyl sites for hydroxylation is 1. The van der Waals surface area contributed by atoms with Gasteiger partial charge in [0, 0.05) is 117 Å². The highest BCUT2D eigenvalue weighted by Gasteiger charge is 2.47. The molecule has 0 aliphatic carbocycles. The van der Waals surface area contributed by atoms with E-state index in [1.165, 1.54) is 27.7 Å². The van der Waals surface area contributed by atoms with Crippen LogP contribution in [-0.4, -0.2) is 207 Å². The standard InChI is InChI=1S/C90H128N16O19S2/c1-51-20-19-23-64-62(50-98-76(51)64)45-69-84(121)100-67(33-34-74(94)115)83(120)106-78(88(6,7)126-127-89(8,9)79(99-55(5)110)86(123)101-66(25-13-14-26-73(93)114)82(119)105-77(53(3)108)85(122)103-69)71(112)47-60(42-56-28-31-63(32-29-56)125-41-38-92)81(118)102-68(44-57-27-30-58-21-11-12-22-59(58)43-57)72(113)49-90(10,36-16-17-37-91)87(124)104-65(24-15-18-39-96-54(4)109)70(111)46-61(48-75(95)116)80(117)97-40-35-52(2)107/h11-12,19-23,27-32,43,50,53,60-61,65-69,77-79,98,108H,13-18,24-26,33-42,44-49,91-92H2,1-10H3,(H2,93,114)(H2,94,115)(H2,95,116)(H,96,109)(H,97,117)(H,99,110)(H,100,121)(H,101,123)(H,102,118)(H,103,122)(H,104,124)(H,105,119)(H,106,120)/t53-,60-,61+,65+,66+,67+,68+,69+,77+,78-,79-,90-/m1/s1. The Morgan fingerprint density at radius 2 is 1.22 bits per heavy atom. The topological polar surface area (TPSA) is 586 Å². The van der Waals surface area contributed by atoms with Crippen molar-refractivity contribution in [2.45, 2.75) is 262 Å². The number of fused-ring (bicyclic) bond motifs is 2. The Kier molecular flexibility index (Phi) is 41.5. The minimum atomic E-state index is -1.85. The summed E-state index contributed by atoms with van der Waals surface area (Å²) in [6, 6.07) is 11.7. The molecule has 12 atom stereocenters. The van der Waals surface area contributed by atoms with Gasteiger partial charge in [-0.25, -0.2) is 0 Å². The lowest BCUT2D eigenvalue weighted by Crippen LogP contribution is -2.63. The molecule has 1 saturated heterocycles. The number of primary amides is 3. The molecule has 35 nitrogen and oxygen atoms in total. The van der Waals surface area contributed by atoms with Gasteiger partial charge in [0.25, 0.3) is 0 Å². The van der Waals surface area contributed by atoms with Crippen molar-refractivity contribution < 1.29 is 91.4 Å². The van der Waals surface area contributed by atoms with Crippen molar-refractivity contribution in [1.82, 2.24) is 58.2 Å². The number of nitrogens with one attached hydrogen (secondary N) is 11. The Morgan fingerprint density at radius 3 is 1.87 bits per heavy atom. The highest BCUT2D eigenvalue weighted by atomic mass is 33.1. The fourth-order valence-corrected chi connectivity index (χ4v) is 17.8. The molecule has 1 aromatic heterocycles. The molecule has 0 radical (unpaired) electrons. The molecule has 0 unspecified atom stereocenters. The molecule has 4 aromatic carbocycles. The number of hydrogen-bond acceptors (Lipinski definition) is 23. The third-order valence-corrected chi connectivity index (χ3v) is 26.5. The summed E-state index contributed by atoms with van der Waals surface area (Å²) in [4.78, 5) is 246. The molecule has 1 aliphatic heterocycles. The number of amides is 13. The molecule has 1 aliphatic rings. The second-order valence-electron chi connectivity index (χ2n) is 34.1. The summed E-state index contributed by atoms with van der Waals surface area (Å²) in [7, 11) is 1.93. The maximum absolute atomic E-state index is 16.4. The number of hydrogen-bond donors (Lipinski definition) is 17. The number of ether oxygens (including phenoxy) is 1. The summed E-state index contributed by atoms with van der Waals surface area (Å²) >= 11 is 0. The molecule has 37 heteroatoms. The van der Waals surface area contributed by atoms with Crippen LogP contribution < -0.4 is 86.6 Å². The predicted octanol–water partition coefficient (Wildman–Crippen LogP) is 3.06. The molecule has 1 fully saturated rings. The van der Waals surface area contributed by atoms with E-state index in [4.69, 9.17) is 33.4 Å². The van der Waals surface area contributed by atoms with Gasteiger partial charge >= 0.3 is 0 Å². The molecular formula is C90H128N16O19S2. The Morgan fingerprint density at radius 1 is 0.575 bits per heavy atom. The molecule has 2 heterocycles. The SMILES string of the molecule is CC(=O)CCNC(=O)[C@H](CC(N)=O)CC(=O)[C@H](CCCCNC(C)=O)NC(=O)[C@](C)(CCCCN)CC(=O)[C@H](Cc1ccc2ccccc2c1)NC(=O)[C@@H](CC(=O)[C@H]1NC(=O)[C@H](CCC(N)=O)NC(=O)[C@H](Cc2c[nH]c3c(C)cccc23)NC(=O)[C@H]([C@@H](C)O)NC(=O)[C@H](CCCCC(N)=O)NC(=O)[C@@H](NC(C)=O)C(C)(C)SSC1(C)C)Cc1ccc(OCCN)cc1. The van der Waals surface area contributed by atoms with Gasteiger partial charge in [0.05, 0.1) is 29.5 Å². The quantitative estimate of drug-likeness (QED) is 0.0197. The first kappa shape index (κ1) is 105. The van der Waals surface area contributed by atoms with Crippen LogP contribution in [0.5, 0.6) is 5.75 Å². The minimum absolute atomic E-state index is 0.0103. The van der Waals surface area contributed by atoms with Gasteiger partial charge < -0.3 is 96.7 Å². The molecule has 22 N–H and O–H groups in total. The van der Waals surface area contributed by atoms with Gasteiger partial charge in [0.2, 0.25) is 76.8 Å². The Hall–Kier alpha value is -11.2. The van der Waals surface area contributed by atoms with Crippen LogP contribution in [0.15, 0.2) is 91.1 Å². The van der Waals surface area contributed by atoms with E-state index in [1.54, 1.807) is 76.4 Å². The van der Waals surface area contributed by atoms with Crippen LogP contribution in [-0.2, 0) is 101 Å². The number of ketones is 4. The number of aromatic nitrogens is 1. The van der Waals surface area contributed by atoms with Gasteiger partial charge in [0.15, 0.2) is 17.3 Å². The van der Waals surface area contributed by atoms with Crippen LogP contribution in [0, 0.1) is 24.2 Å². The minimum Gasteiger partial charge on any atom is -0.492 e. The van der Waals surface area contributed by atoms with Crippen molar-refractivity contribution in [3.05, 3.63) is 113 Å². The van der Waals surface area contributed by atoms with Gasteiger partial charge in [0.1, 0.15) is 54.4 Å². The second-order valence-corrected chi connectivity index (χ2v) is 37.6. The van der Waals surface area contributed by atoms with E-state index in [2.05, 4.69) is 58.2 Å². The van der Waals surface area contributed by atoms with Crippen molar-refractivity contribution in [1.29, 1.82) is 0 Å². The summed E-state index contributed by atoms with van der Waals surface area (Å²) in [5.41, 5.74) is 30.0. The fourth-order valence-electron chi connectivity index (χ4n) is 15.0. The molecule has 0 bridgehead atoms. The van der Waals surface area contributed by atoms with E-state index in [9.17, 15) is 53.1 Å². The zero-order valence-electron chi connectivity index (χ0n) is 74.2. The molecule has 127 heavy (non-hydrogen) atoms. The van der Waals surface area contributed by atoms with Crippen LogP contribution in [0.4, 0.5) is 0 Å². The molecule has 13 amide bonds. The summed E-state index contributed by atoms with van der Waals surface area (Å²) in [6.07, 6.45) is -3.34. The molecular weight excluding hydrogens is 1670 g/mol. The normalized spacial score (nSPS) is 19.3. The number of H-pyrrole nitrogens is 1. The number of aliphatic hydroxyl groups is 1. The van der Waals surface area contributed by atoms with Gasteiger partial charge in [-0.15, -0.1) is 0 Å². The van der Waals surface area contributed by atoms with Crippen LogP contribution in [0.3, 0.4) is 0 Å². The summed E-state index contributed by atoms with van der Waals surface area (Å²) in [5, 5.41) is 40.9. The average molecular weight is 1800 g/mol. The molecule has 6 rings (SSSR count). The largest absolute Gasteiger partial charge is 0.492 e. The Balaban J connectivity index is 1.53. The maximum Gasteiger partial charge on any atom is 0.245 e. The lowest BCUT2D eigenvalue weighted by molar-refractivity contribution is -0.139. The lowest BCUT2D eigenvalue weighted by Gasteiger charge is -2.39. The summed E-state index contributed by atoms with van der Waals surface area (Å²) in [6.45, 7) is 15.2. The first-order valence-corrected chi connectivity index (χ1v) is 45.1. The third kappa shape index (κ3) is 33.9. The highest BCUT2D eigenvalue weighted by molar-refractivity contribution is 8.77.